The van der Waals surface area contributed by atoms with Crippen molar-refractivity contribution < 1.29 is 13.3 Å². The van der Waals surface area contributed by atoms with Gasteiger partial charge in [-0.25, -0.2) is 4.39 Å². The van der Waals surface area contributed by atoms with Crippen LogP contribution in [0.15, 0.2) is 58.3 Å². The molecule has 1 unspecified atom stereocenters. The van der Waals surface area contributed by atoms with Crippen molar-refractivity contribution in [3.63, 3.8) is 0 Å². The predicted octanol–water partition coefficient (Wildman–Crippen LogP) is 3.13. The van der Waals surface area contributed by atoms with Gasteiger partial charge >= 0.3 is 0 Å². The first-order valence-electron chi connectivity index (χ1n) is 4.61. The van der Waals surface area contributed by atoms with Gasteiger partial charge in [-0.15, -0.1) is 0 Å². The Labute approximate surface area is 94.9 Å². The quantitative estimate of drug-likeness (QED) is 0.737. The highest BCUT2D eigenvalue weighted by atomic mass is 32.2. The lowest BCUT2D eigenvalue weighted by atomic mass is 10.3. The lowest BCUT2D eigenvalue weighted by molar-refractivity contribution is 0.485. The summed E-state index contributed by atoms with van der Waals surface area (Å²) in [6, 6.07) is 12.1. The van der Waals surface area contributed by atoms with Crippen LogP contribution in [0.2, 0.25) is 0 Å². The number of hydrogen-bond acceptors (Lipinski definition) is 1. The van der Waals surface area contributed by atoms with Gasteiger partial charge in [0.05, 0.1) is 0 Å². The first-order chi connectivity index (χ1) is 7.70. The molecule has 4 heteroatoms. The van der Waals surface area contributed by atoms with Gasteiger partial charge in [0.1, 0.15) is 0 Å². The van der Waals surface area contributed by atoms with Crippen LogP contribution in [0.25, 0.3) is 0 Å². The fourth-order valence-electron chi connectivity index (χ4n) is 1.30. The third kappa shape index (κ3) is 2.08. The van der Waals surface area contributed by atoms with E-state index >= 15 is 0 Å². The molecule has 0 saturated carbocycles. The van der Waals surface area contributed by atoms with E-state index in [-0.39, 0.29) is 4.90 Å². The maximum Gasteiger partial charge on any atom is 0.214 e. The predicted molar refractivity (Wildman–Crippen MR) is 57.5 cm³/mol. The second-order valence-corrected chi connectivity index (χ2v) is 4.58. The standard InChI is InChI=1S/C12H8F2OS/c13-10-7-4-8-11(12(10)14)16(15)9-5-2-1-3-6-9/h1-8H. The summed E-state index contributed by atoms with van der Waals surface area (Å²) in [4.78, 5) is 0.318. The molecule has 2 aromatic rings. The van der Waals surface area contributed by atoms with E-state index in [1.807, 2.05) is 0 Å². The molecule has 2 rings (SSSR count). The first-order valence-corrected chi connectivity index (χ1v) is 5.76. The Morgan fingerprint density at radius 2 is 1.56 bits per heavy atom. The van der Waals surface area contributed by atoms with E-state index in [0.717, 1.165) is 6.07 Å². The molecule has 0 aliphatic rings. The molecule has 0 heterocycles. The second kappa shape index (κ2) is 4.63. The minimum Gasteiger partial charge on any atom is -0.606 e. The zero-order valence-corrected chi connectivity index (χ0v) is 9.01. The molecule has 1 nitrogen and oxygen atoms in total. The Hall–Kier alpha value is -1.39. The van der Waals surface area contributed by atoms with Crippen molar-refractivity contribution in [3.05, 3.63) is 60.2 Å². The van der Waals surface area contributed by atoms with Gasteiger partial charge in [0.15, 0.2) is 15.6 Å². The average Bonchev–Trinajstić information content (AvgIpc) is 2.33. The van der Waals surface area contributed by atoms with Crippen LogP contribution >= 0.6 is 0 Å². The Morgan fingerprint density at radius 3 is 2.25 bits per heavy atom. The van der Waals surface area contributed by atoms with Crippen LogP contribution in [0.5, 0.6) is 0 Å². The zero-order chi connectivity index (χ0) is 11.5. The molecule has 0 aliphatic carbocycles. The topological polar surface area (TPSA) is 23.1 Å². The summed E-state index contributed by atoms with van der Waals surface area (Å²) in [5.74, 6) is -2.04. The average molecular weight is 238 g/mol. The molecule has 0 aliphatic heterocycles. The van der Waals surface area contributed by atoms with Crippen LogP contribution < -0.4 is 0 Å². The largest absolute Gasteiger partial charge is 0.606 e. The van der Waals surface area contributed by atoms with E-state index in [9.17, 15) is 13.3 Å². The van der Waals surface area contributed by atoms with Gasteiger partial charge in [0, 0.05) is 11.2 Å². The van der Waals surface area contributed by atoms with E-state index in [1.165, 1.54) is 12.1 Å². The van der Waals surface area contributed by atoms with Gasteiger partial charge in [-0.2, -0.15) is 4.39 Å². The molecule has 0 N–H and O–H groups in total. The van der Waals surface area contributed by atoms with Crippen LogP contribution in [-0.4, -0.2) is 4.55 Å². The first kappa shape index (κ1) is 11.1. The Morgan fingerprint density at radius 1 is 0.875 bits per heavy atom. The molecule has 0 amide bonds. The fraction of sp³-hybridized carbons (Fsp3) is 0. The van der Waals surface area contributed by atoms with Crippen LogP contribution in [0, 0.1) is 11.6 Å². The molecule has 0 bridgehead atoms. The van der Waals surface area contributed by atoms with Gasteiger partial charge in [-0.3, -0.25) is 0 Å². The molecule has 0 aromatic heterocycles. The fourth-order valence-corrected chi connectivity index (χ4v) is 2.42. The molecular weight excluding hydrogens is 230 g/mol. The normalized spacial score (nSPS) is 12.4. The smallest absolute Gasteiger partial charge is 0.214 e. The van der Waals surface area contributed by atoms with Crippen molar-refractivity contribution in [2.45, 2.75) is 9.79 Å². The second-order valence-electron chi connectivity index (χ2n) is 3.13. The van der Waals surface area contributed by atoms with E-state index < -0.39 is 22.8 Å². The zero-order valence-electron chi connectivity index (χ0n) is 8.19. The molecule has 0 radical (unpaired) electrons. The van der Waals surface area contributed by atoms with Crippen LogP contribution in [0.3, 0.4) is 0 Å². The summed E-state index contributed by atoms with van der Waals surface area (Å²) >= 11 is -1.68. The summed E-state index contributed by atoms with van der Waals surface area (Å²) in [7, 11) is 0. The highest BCUT2D eigenvalue weighted by Crippen LogP contribution is 2.24. The highest BCUT2D eigenvalue weighted by Gasteiger charge is 2.21. The molecule has 0 saturated heterocycles. The summed E-state index contributed by atoms with van der Waals surface area (Å²) in [6.45, 7) is 0. The maximum atomic E-state index is 13.4. The lowest BCUT2D eigenvalue weighted by Gasteiger charge is -2.10. The van der Waals surface area contributed by atoms with Gasteiger partial charge in [-0.1, -0.05) is 24.3 Å². The SMILES string of the molecule is [O-][S+](c1ccccc1)c1cccc(F)c1F. The van der Waals surface area contributed by atoms with Crippen molar-refractivity contribution in [1.82, 2.24) is 0 Å². The van der Waals surface area contributed by atoms with Gasteiger partial charge in [0.2, 0.25) is 5.82 Å². The molecule has 16 heavy (non-hydrogen) atoms. The van der Waals surface area contributed by atoms with E-state index in [2.05, 4.69) is 0 Å². The van der Waals surface area contributed by atoms with Crippen molar-refractivity contribution >= 4 is 11.2 Å². The van der Waals surface area contributed by atoms with Crippen LogP contribution in [0.1, 0.15) is 0 Å². The van der Waals surface area contributed by atoms with Gasteiger partial charge < -0.3 is 4.55 Å². The van der Waals surface area contributed by atoms with Crippen molar-refractivity contribution in [3.8, 4) is 0 Å². The summed E-state index contributed by atoms with van der Waals surface area (Å²) < 4.78 is 38.2. The van der Waals surface area contributed by atoms with Crippen molar-refractivity contribution in [2.75, 3.05) is 0 Å². The Kier molecular flexibility index (Phi) is 3.22. The van der Waals surface area contributed by atoms with Gasteiger partial charge in [0.25, 0.3) is 0 Å². The van der Waals surface area contributed by atoms with E-state index in [4.69, 9.17) is 0 Å². The molecule has 0 fully saturated rings. The summed E-state index contributed by atoms with van der Waals surface area (Å²) in [6.07, 6.45) is 0. The molecule has 2 aromatic carbocycles. The van der Waals surface area contributed by atoms with Crippen LogP contribution in [0.4, 0.5) is 8.78 Å². The van der Waals surface area contributed by atoms with Crippen molar-refractivity contribution in [2.24, 2.45) is 0 Å². The lowest BCUT2D eigenvalue weighted by Crippen LogP contribution is -2.05. The van der Waals surface area contributed by atoms with Crippen LogP contribution in [-0.2, 0) is 11.2 Å². The third-order valence-electron chi connectivity index (χ3n) is 2.07. The number of benzene rings is 2. The molecular formula is C12H8F2OS. The van der Waals surface area contributed by atoms with E-state index in [0.29, 0.717) is 4.90 Å². The molecule has 82 valence electrons. The Balaban J connectivity index is 2.42. The molecule has 0 spiro atoms. The summed E-state index contributed by atoms with van der Waals surface area (Å²) in [5, 5.41) is 0. The number of halogens is 2. The minimum absolute atomic E-state index is 0.133. The maximum absolute atomic E-state index is 13.4. The highest BCUT2D eigenvalue weighted by molar-refractivity contribution is 7.91. The minimum atomic E-state index is -1.68. The Bertz CT molecular complexity index is 488. The van der Waals surface area contributed by atoms with Gasteiger partial charge in [-0.05, 0) is 24.3 Å². The molecule has 1 atom stereocenters. The third-order valence-corrected chi connectivity index (χ3v) is 3.49. The summed E-state index contributed by atoms with van der Waals surface area (Å²) in [5.41, 5.74) is 0. The van der Waals surface area contributed by atoms with E-state index in [1.54, 1.807) is 30.3 Å². The number of hydrogen-bond donors (Lipinski definition) is 0. The number of rotatable bonds is 2. The monoisotopic (exact) mass is 238 g/mol. The van der Waals surface area contributed by atoms with Crippen molar-refractivity contribution in [1.29, 1.82) is 0 Å².